The second-order valence-corrected chi connectivity index (χ2v) is 6.38. The van der Waals surface area contributed by atoms with E-state index in [1.165, 1.54) is 0 Å². The summed E-state index contributed by atoms with van der Waals surface area (Å²) >= 11 is 0. The van der Waals surface area contributed by atoms with Crippen LogP contribution in [0, 0.1) is 0 Å². The Bertz CT molecular complexity index is 875. The molecule has 1 N–H and O–H groups in total. The number of carbonyl (C=O) groups excluding carboxylic acids is 1. The summed E-state index contributed by atoms with van der Waals surface area (Å²) in [4.78, 5) is 25.6. The second kappa shape index (κ2) is 7.86. The van der Waals surface area contributed by atoms with Gasteiger partial charge in [-0.25, -0.2) is 9.97 Å². The summed E-state index contributed by atoms with van der Waals surface area (Å²) in [6.45, 7) is 3.66. The summed E-state index contributed by atoms with van der Waals surface area (Å²) in [5.74, 6) is 1.42. The minimum absolute atomic E-state index is 0.153. The molecule has 0 unspecified atom stereocenters. The van der Waals surface area contributed by atoms with Crippen LogP contribution in [0.1, 0.15) is 10.4 Å². The van der Waals surface area contributed by atoms with Gasteiger partial charge in [-0.15, -0.1) is 0 Å². The highest BCUT2D eigenvalue weighted by atomic mass is 16.1. The lowest BCUT2D eigenvalue weighted by molar-refractivity contribution is 0.102. The van der Waals surface area contributed by atoms with Crippen LogP contribution in [0.15, 0.2) is 73.1 Å². The number of anilines is 3. The molecule has 3 aromatic rings. The van der Waals surface area contributed by atoms with Crippen molar-refractivity contribution in [2.24, 2.45) is 0 Å². The monoisotopic (exact) mass is 359 g/mol. The Morgan fingerprint density at radius 3 is 2.22 bits per heavy atom. The number of pyridine rings is 2. The van der Waals surface area contributed by atoms with Crippen molar-refractivity contribution < 1.29 is 4.79 Å². The highest BCUT2D eigenvalue weighted by Crippen LogP contribution is 2.19. The van der Waals surface area contributed by atoms with Crippen molar-refractivity contribution in [3.63, 3.8) is 0 Å². The Morgan fingerprint density at radius 1 is 0.815 bits per heavy atom. The molecule has 1 fully saturated rings. The van der Waals surface area contributed by atoms with Crippen molar-refractivity contribution in [1.82, 2.24) is 9.97 Å². The van der Waals surface area contributed by atoms with Crippen LogP contribution in [0.5, 0.6) is 0 Å². The molecule has 0 bridgehead atoms. The van der Waals surface area contributed by atoms with Crippen molar-refractivity contribution >= 4 is 23.2 Å². The molecule has 6 heteroatoms. The molecule has 1 aliphatic heterocycles. The van der Waals surface area contributed by atoms with E-state index < -0.39 is 0 Å². The molecule has 1 aromatic carbocycles. The van der Waals surface area contributed by atoms with E-state index in [0.29, 0.717) is 11.4 Å². The first-order chi connectivity index (χ1) is 13.3. The molecule has 0 radical (unpaired) electrons. The minimum atomic E-state index is -0.153. The van der Waals surface area contributed by atoms with Crippen LogP contribution >= 0.6 is 0 Å². The number of nitrogens with one attached hydrogen (secondary N) is 1. The van der Waals surface area contributed by atoms with Gasteiger partial charge < -0.3 is 15.1 Å². The Morgan fingerprint density at radius 2 is 1.56 bits per heavy atom. The van der Waals surface area contributed by atoms with Crippen LogP contribution in [-0.2, 0) is 0 Å². The zero-order valence-electron chi connectivity index (χ0n) is 15.0. The molecule has 0 atom stereocenters. The molecule has 3 heterocycles. The fraction of sp³-hybridized carbons (Fsp3) is 0.190. The zero-order valence-corrected chi connectivity index (χ0v) is 15.0. The molecule has 6 nitrogen and oxygen atoms in total. The maximum absolute atomic E-state index is 12.2. The van der Waals surface area contributed by atoms with E-state index in [1.807, 2.05) is 60.9 Å². The van der Waals surface area contributed by atoms with Crippen LogP contribution in [0.25, 0.3) is 0 Å². The third kappa shape index (κ3) is 4.06. The zero-order chi connectivity index (χ0) is 18.5. The molecule has 0 saturated carbocycles. The van der Waals surface area contributed by atoms with E-state index in [-0.39, 0.29) is 5.91 Å². The standard InChI is InChI=1S/C21H21N5O/c27-21(17-6-2-1-3-7-17)24-19-10-9-18(16-23-19)25-12-14-26(15-13-25)20-8-4-5-11-22-20/h1-11,16H,12-15H2,(H,23,24,27). The number of nitrogens with zero attached hydrogens (tertiary/aromatic N) is 4. The molecule has 1 aliphatic rings. The summed E-state index contributed by atoms with van der Waals surface area (Å²) < 4.78 is 0. The Balaban J connectivity index is 1.35. The smallest absolute Gasteiger partial charge is 0.256 e. The lowest BCUT2D eigenvalue weighted by Crippen LogP contribution is -2.46. The van der Waals surface area contributed by atoms with Crippen LogP contribution in [0.4, 0.5) is 17.3 Å². The first-order valence-electron chi connectivity index (χ1n) is 9.03. The quantitative estimate of drug-likeness (QED) is 0.776. The summed E-state index contributed by atoms with van der Waals surface area (Å²) in [6, 6.07) is 19.0. The lowest BCUT2D eigenvalue weighted by atomic mass is 10.2. The van der Waals surface area contributed by atoms with Gasteiger partial charge in [0, 0.05) is 37.9 Å². The summed E-state index contributed by atoms with van der Waals surface area (Å²) in [6.07, 6.45) is 3.64. The predicted molar refractivity (Wildman–Crippen MR) is 107 cm³/mol. The number of benzene rings is 1. The fourth-order valence-corrected chi connectivity index (χ4v) is 3.16. The molecule has 0 spiro atoms. The van der Waals surface area contributed by atoms with Crippen molar-refractivity contribution in [1.29, 1.82) is 0 Å². The molecule has 1 saturated heterocycles. The lowest BCUT2D eigenvalue weighted by Gasteiger charge is -2.36. The number of carbonyl (C=O) groups is 1. The summed E-state index contributed by atoms with van der Waals surface area (Å²) in [5, 5.41) is 2.83. The molecular weight excluding hydrogens is 338 g/mol. The maximum Gasteiger partial charge on any atom is 0.256 e. The van der Waals surface area contributed by atoms with E-state index in [4.69, 9.17) is 0 Å². The number of rotatable bonds is 4. The summed E-state index contributed by atoms with van der Waals surface area (Å²) in [5.41, 5.74) is 1.68. The molecule has 136 valence electrons. The topological polar surface area (TPSA) is 61.4 Å². The van der Waals surface area contributed by atoms with Gasteiger partial charge in [0.05, 0.1) is 11.9 Å². The largest absolute Gasteiger partial charge is 0.367 e. The normalized spacial score (nSPS) is 14.1. The Hall–Kier alpha value is -3.41. The Labute approximate surface area is 158 Å². The first-order valence-corrected chi connectivity index (χ1v) is 9.03. The number of hydrogen-bond donors (Lipinski definition) is 1. The van der Waals surface area contributed by atoms with Gasteiger partial charge in [-0.1, -0.05) is 24.3 Å². The van der Waals surface area contributed by atoms with Gasteiger partial charge in [0.1, 0.15) is 11.6 Å². The predicted octanol–water partition coefficient (Wildman–Crippen LogP) is 3.06. The fourth-order valence-electron chi connectivity index (χ4n) is 3.16. The average molecular weight is 359 g/mol. The van der Waals surface area contributed by atoms with E-state index in [0.717, 1.165) is 37.7 Å². The van der Waals surface area contributed by atoms with Crippen molar-refractivity contribution in [2.75, 3.05) is 41.3 Å². The Kier molecular flexibility index (Phi) is 4.96. The maximum atomic E-state index is 12.2. The van der Waals surface area contributed by atoms with Crippen LogP contribution < -0.4 is 15.1 Å². The van der Waals surface area contributed by atoms with E-state index in [1.54, 1.807) is 12.1 Å². The average Bonchev–Trinajstić information content (AvgIpc) is 2.76. The third-order valence-electron chi connectivity index (χ3n) is 4.64. The van der Waals surface area contributed by atoms with Crippen LogP contribution in [0.2, 0.25) is 0 Å². The molecule has 2 aromatic heterocycles. The highest BCUT2D eigenvalue weighted by molar-refractivity contribution is 6.03. The van der Waals surface area contributed by atoms with Crippen molar-refractivity contribution in [3.8, 4) is 0 Å². The van der Waals surface area contributed by atoms with Gasteiger partial charge >= 0.3 is 0 Å². The number of piperazine rings is 1. The van der Waals surface area contributed by atoms with E-state index >= 15 is 0 Å². The van der Waals surface area contributed by atoms with Crippen molar-refractivity contribution in [3.05, 3.63) is 78.6 Å². The third-order valence-corrected chi connectivity index (χ3v) is 4.64. The minimum Gasteiger partial charge on any atom is -0.367 e. The number of aromatic nitrogens is 2. The van der Waals surface area contributed by atoms with Gasteiger partial charge in [-0.3, -0.25) is 4.79 Å². The number of hydrogen-bond acceptors (Lipinski definition) is 5. The molecule has 0 aliphatic carbocycles. The summed E-state index contributed by atoms with van der Waals surface area (Å²) in [7, 11) is 0. The second-order valence-electron chi connectivity index (χ2n) is 6.38. The van der Waals surface area contributed by atoms with Gasteiger partial charge in [0.25, 0.3) is 5.91 Å². The van der Waals surface area contributed by atoms with E-state index in [9.17, 15) is 4.79 Å². The molecular formula is C21H21N5O. The van der Waals surface area contributed by atoms with Crippen LogP contribution in [0.3, 0.4) is 0 Å². The van der Waals surface area contributed by atoms with Crippen molar-refractivity contribution in [2.45, 2.75) is 0 Å². The van der Waals surface area contributed by atoms with Gasteiger partial charge in [0.15, 0.2) is 0 Å². The number of amides is 1. The van der Waals surface area contributed by atoms with Gasteiger partial charge in [-0.2, -0.15) is 0 Å². The molecule has 27 heavy (non-hydrogen) atoms. The van der Waals surface area contributed by atoms with Gasteiger partial charge in [0.2, 0.25) is 0 Å². The SMILES string of the molecule is O=C(Nc1ccc(N2CCN(c3ccccn3)CC2)cn1)c1ccccc1. The molecule has 1 amide bonds. The van der Waals surface area contributed by atoms with E-state index in [2.05, 4.69) is 25.1 Å². The molecule has 4 rings (SSSR count). The highest BCUT2D eigenvalue weighted by Gasteiger charge is 2.18. The van der Waals surface area contributed by atoms with Gasteiger partial charge in [-0.05, 0) is 36.4 Å². The first kappa shape index (κ1) is 17.0. The van der Waals surface area contributed by atoms with Crippen LogP contribution in [-0.4, -0.2) is 42.1 Å².